The van der Waals surface area contributed by atoms with Crippen molar-refractivity contribution in [2.45, 2.75) is 0 Å². The summed E-state index contributed by atoms with van der Waals surface area (Å²) in [5, 5.41) is 6.89. The molecule has 0 aliphatic heterocycles. The van der Waals surface area contributed by atoms with E-state index < -0.39 is 0 Å². The quantitative estimate of drug-likeness (QED) is 0.199. The van der Waals surface area contributed by atoms with Gasteiger partial charge in [-0.1, -0.05) is 0 Å². The number of nitrogens with one attached hydrogen (secondary N) is 1. The first-order chi connectivity index (χ1) is 6.33. The Kier molecular flexibility index (Phi) is 7.04. The summed E-state index contributed by atoms with van der Waals surface area (Å²) >= 11 is 3.97. The van der Waals surface area contributed by atoms with Crippen LogP contribution in [0.3, 0.4) is 0 Å². The maximum atomic E-state index is 3.97. The van der Waals surface area contributed by atoms with E-state index in [2.05, 4.69) is 38.0 Å². The van der Waals surface area contributed by atoms with Crippen molar-refractivity contribution in [1.29, 1.82) is 0 Å². The molecule has 0 saturated carbocycles. The number of hydrogen-bond acceptors (Lipinski definition) is 3. The first-order valence-electron chi connectivity index (χ1n) is 3.56. The van der Waals surface area contributed by atoms with E-state index in [0.717, 1.165) is 0 Å². The predicted octanol–water partition coefficient (Wildman–Crippen LogP) is -0.232. The van der Waals surface area contributed by atoms with Crippen molar-refractivity contribution in [3.05, 3.63) is 29.7 Å². The van der Waals surface area contributed by atoms with Crippen LogP contribution in [0.25, 0.3) is 5.43 Å². The van der Waals surface area contributed by atoms with E-state index >= 15 is 0 Å². The molecule has 0 bridgehead atoms. The van der Waals surface area contributed by atoms with Gasteiger partial charge >= 0.3 is 17.1 Å². The van der Waals surface area contributed by atoms with Gasteiger partial charge in [0.15, 0.2) is 17.3 Å². The Morgan fingerprint density at radius 2 is 2.43 bits per heavy atom. The summed E-state index contributed by atoms with van der Waals surface area (Å²) in [7, 11) is 1.71. The second kappa shape index (κ2) is 7.52. The smallest absolute Gasteiger partial charge is 0.515 e. The Labute approximate surface area is 97.9 Å². The molecule has 1 radical (unpaired) electrons. The summed E-state index contributed by atoms with van der Waals surface area (Å²) in [5.74, 6) is 0. The first-order valence-corrected chi connectivity index (χ1v) is 4.01. The number of thiol groups is 1. The van der Waals surface area contributed by atoms with Crippen LogP contribution in [0.5, 0.6) is 0 Å². The van der Waals surface area contributed by atoms with E-state index in [4.69, 9.17) is 0 Å². The summed E-state index contributed by atoms with van der Waals surface area (Å²) in [6.45, 7) is 0. The fraction of sp³-hybridized carbons (Fsp3) is 0.143. The minimum Gasteiger partial charge on any atom is -0.515 e. The first kappa shape index (κ1) is 13.1. The van der Waals surface area contributed by atoms with Crippen LogP contribution in [0, 0.1) is 0 Å². The zero-order valence-corrected chi connectivity index (χ0v) is 9.18. The van der Waals surface area contributed by atoms with Gasteiger partial charge in [-0.25, -0.2) is 0 Å². The maximum absolute atomic E-state index is 3.97. The average Bonchev–Trinajstić information content (AvgIpc) is 2.19. The van der Waals surface area contributed by atoms with E-state index in [1.165, 1.54) is 6.21 Å². The second-order valence-electron chi connectivity index (χ2n) is 2.05. The van der Waals surface area contributed by atoms with Gasteiger partial charge in [0.1, 0.15) is 0 Å². The molecule has 7 heteroatoms. The molecule has 0 amide bonds. The Morgan fingerprint density at radius 3 is 3.00 bits per heavy atom. The number of rotatable bonds is 2. The third-order valence-corrected chi connectivity index (χ3v) is 1.46. The van der Waals surface area contributed by atoms with Gasteiger partial charge in [0, 0.05) is 18.6 Å². The van der Waals surface area contributed by atoms with Crippen LogP contribution in [0.4, 0.5) is 0 Å². The molecule has 1 N–H and O–H groups in total. The summed E-state index contributed by atoms with van der Waals surface area (Å²) < 4.78 is 0. The third-order valence-electron chi connectivity index (χ3n) is 1.15. The molecule has 0 spiro atoms. The predicted molar refractivity (Wildman–Crippen MR) is 55.8 cm³/mol. The Balaban J connectivity index is 0.00000169. The molecule has 77 valence electrons. The summed E-state index contributed by atoms with van der Waals surface area (Å²) in [6, 6.07) is 0. The summed E-state index contributed by atoms with van der Waals surface area (Å²) in [6.07, 6.45) is 6.28. The molecule has 0 atom stereocenters. The topological polar surface area (TPSA) is 64.3 Å². The standard InChI is InChI=1S/C7H9N5S.Cu/c1-8-7(13)12-11-5-6-4-9-2-3-10-6;/h2-5H,1H3,(H2,8,10,12,13);/q;+2. The van der Waals surface area contributed by atoms with E-state index in [0.29, 0.717) is 10.8 Å². The molecule has 0 aliphatic rings. The SMILES string of the molecule is CNC(=[SH+])[N-]N=Cc1cnccn1.[Cu+2]. The zero-order chi connectivity index (χ0) is 9.52. The maximum Gasteiger partial charge on any atom is 2.00 e. The molecule has 14 heavy (non-hydrogen) atoms. The molecule has 0 unspecified atom stereocenters. The van der Waals surface area contributed by atoms with Crippen LogP contribution in [0.15, 0.2) is 23.7 Å². The molecule has 1 heterocycles. The van der Waals surface area contributed by atoms with Crippen molar-refractivity contribution >= 4 is 23.5 Å². The van der Waals surface area contributed by atoms with Crippen molar-refractivity contribution in [1.82, 2.24) is 15.3 Å². The number of nitrogens with zero attached hydrogens (tertiary/aromatic N) is 4. The van der Waals surface area contributed by atoms with Crippen molar-refractivity contribution in [3.8, 4) is 0 Å². The van der Waals surface area contributed by atoms with Crippen molar-refractivity contribution in [2.24, 2.45) is 5.10 Å². The van der Waals surface area contributed by atoms with Crippen LogP contribution < -0.4 is 5.32 Å². The minimum absolute atomic E-state index is 0. The van der Waals surface area contributed by atoms with E-state index in [-0.39, 0.29) is 17.1 Å². The molecule has 0 aliphatic carbocycles. The number of aromatic nitrogens is 2. The molecular weight excluding hydrogens is 250 g/mol. The van der Waals surface area contributed by atoms with E-state index in [1.54, 1.807) is 25.6 Å². The Bertz CT molecular complexity index is 302. The third kappa shape index (κ3) is 4.98. The minimum atomic E-state index is 0. The van der Waals surface area contributed by atoms with Crippen LogP contribution in [-0.2, 0) is 29.3 Å². The van der Waals surface area contributed by atoms with Gasteiger partial charge in [-0.2, -0.15) is 0 Å². The molecule has 5 nitrogen and oxygen atoms in total. The zero-order valence-electron chi connectivity index (χ0n) is 7.35. The number of hydrogen-bond donors (Lipinski definition) is 1. The van der Waals surface area contributed by atoms with Crippen molar-refractivity contribution < 1.29 is 17.1 Å². The van der Waals surface area contributed by atoms with Gasteiger partial charge < -0.3 is 10.5 Å². The monoisotopic (exact) mass is 258 g/mol. The Hall–Kier alpha value is -0.881. The van der Waals surface area contributed by atoms with Gasteiger partial charge in [-0.05, 0) is 7.05 Å². The van der Waals surface area contributed by atoms with Crippen molar-refractivity contribution in [3.63, 3.8) is 0 Å². The largest absolute Gasteiger partial charge is 2.00 e. The fourth-order valence-electron chi connectivity index (χ4n) is 0.570. The van der Waals surface area contributed by atoms with Gasteiger partial charge in [-0.3, -0.25) is 15.3 Å². The molecule has 0 fully saturated rings. The van der Waals surface area contributed by atoms with Crippen LogP contribution in [0.1, 0.15) is 5.69 Å². The van der Waals surface area contributed by atoms with Crippen LogP contribution >= 0.6 is 0 Å². The summed E-state index contributed by atoms with van der Waals surface area (Å²) in [4.78, 5) is 7.84. The fourth-order valence-corrected chi connectivity index (χ4v) is 0.622. The van der Waals surface area contributed by atoms with Gasteiger partial charge in [0.25, 0.3) is 0 Å². The Morgan fingerprint density at radius 1 is 1.64 bits per heavy atom. The van der Waals surface area contributed by atoms with Gasteiger partial charge in [-0.15, -0.1) is 0 Å². The van der Waals surface area contributed by atoms with Gasteiger partial charge in [0.2, 0.25) is 0 Å². The van der Waals surface area contributed by atoms with Crippen LogP contribution in [-0.4, -0.2) is 28.3 Å². The molecule has 1 aromatic rings. The second-order valence-corrected chi connectivity index (χ2v) is 2.47. The van der Waals surface area contributed by atoms with Crippen molar-refractivity contribution in [2.75, 3.05) is 7.05 Å². The normalized spacial score (nSPS) is 9.50. The van der Waals surface area contributed by atoms with E-state index in [1.807, 2.05) is 0 Å². The molecule has 1 rings (SSSR count). The van der Waals surface area contributed by atoms with E-state index in [9.17, 15) is 0 Å². The molecule has 1 aromatic heterocycles. The summed E-state index contributed by atoms with van der Waals surface area (Å²) in [5.41, 5.74) is 4.37. The molecule has 0 aromatic carbocycles. The molecular formula is C7H9CuN5S+2. The molecule has 0 saturated heterocycles. The van der Waals surface area contributed by atoms with Gasteiger partial charge in [0.05, 0.1) is 11.9 Å². The average molecular weight is 259 g/mol. The van der Waals surface area contributed by atoms with Crippen LogP contribution in [0.2, 0.25) is 0 Å².